The van der Waals surface area contributed by atoms with Crippen LogP contribution in [0.2, 0.25) is 0 Å². The lowest BCUT2D eigenvalue weighted by Crippen LogP contribution is -2.42. The van der Waals surface area contributed by atoms with Gasteiger partial charge in [-0.25, -0.2) is 0 Å². The molecule has 0 aromatic heterocycles. The summed E-state index contributed by atoms with van der Waals surface area (Å²) in [7, 11) is 0. The summed E-state index contributed by atoms with van der Waals surface area (Å²) in [5, 5.41) is 0. The normalized spacial score (nSPS) is 37.3. The minimum atomic E-state index is -0.284. The van der Waals surface area contributed by atoms with E-state index < -0.39 is 0 Å². The molecule has 2 heterocycles. The number of esters is 1. The molecule has 0 saturated carbocycles. The Kier molecular flexibility index (Phi) is 5.64. The van der Waals surface area contributed by atoms with Gasteiger partial charge in [-0.3, -0.25) is 4.79 Å². The molecule has 0 aliphatic carbocycles. The summed E-state index contributed by atoms with van der Waals surface area (Å²) in [5.41, 5.74) is -0.284. The van der Waals surface area contributed by atoms with Crippen LogP contribution >= 0.6 is 0 Å². The fourth-order valence-electron chi connectivity index (χ4n) is 3.36. The molecule has 2 bridgehead atoms. The van der Waals surface area contributed by atoms with Gasteiger partial charge in [0.2, 0.25) is 0 Å². The lowest BCUT2D eigenvalue weighted by Gasteiger charge is -2.33. The van der Waals surface area contributed by atoms with Gasteiger partial charge in [0.05, 0.1) is 6.10 Å². The Bertz CT molecular complexity index is 350. The van der Waals surface area contributed by atoms with Crippen molar-refractivity contribution in [1.29, 1.82) is 0 Å². The van der Waals surface area contributed by atoms with Crippen molar-refractivity contribution in [2.24, 2.45) is 0 Å². The molecule has 0 aromatic rings. The quantitative estimate of drug-likeness (QED) is 0.534. The second kappa shape index (κ2) is 7.26. The number of carbonyl (C=O) groups is 1. The average Bonchev–Trinajstić information content (AvgIpc) is 2.78. The number of allylic oxidation sites excluding steroid dienone is 2. The number of fused-ring (bicyclic) bond motifs is 2. The van der Waals surface area contributed by atoms with Crippen molar-refractivity contribution >= 4 is 5.97 Å². The summed E-state index contributed by atoms with van der Waals surface area (Å²) in [5.74, 6) is -0.186. The summed E-state index contributed by atoms with van der Waals surface area (Å²) in [6, 6.07) is 0. The maximum absolute atomic E-state index is 11.4. The van der Waals surface area contributed by atoms with Gasteiger partial charge in [0, 0.05) is 6.92 Å². The Labute approximate surface area is 122 Å². The van der Waals surface area contributed by atoms with Gasteiger partial charge < -0.3 is 9.47 Å². The molecule has 0 spiro atoms. The van der Waals surface area contributed by atoms with E-state index in [1.807, 2.05) is 0 Å². The Morgan fingerprint density at radius 3 is 2.75 bits per heavy atom. The minimum absolute atomic E-state index is 0.0845. The SMILES string of the molecule is CC(=O)O[C@@H]1CCCCC/C=C/CC[C@H]2CC[C@]1(C)O2. The molecule has 0 amide bonds. The molecule has 3 atom stereocenters. The largest absolute Gasteiger partial charge is 0.459 e. The van der Waals surface area contributed by atoms with E-state index in [-0.39, 0.29) is 17.7 Å². The predicted molar refractivity (Wildman–Crippen MR) is 79.5 cm³/mol. The number of rotatable bonds is 1. The first-order valence-electron chi connectivity index (χ1n) is 8.10. The lowest BCUT2D eigenvalue weighted by molar-refractivity contribution is -0.168. The first kappa shape index (κ1) is 15.6. The van der Waals surface area contributed by atoms with Gasteiger partial charge in [-0.1, -0.05) is 18.6 Å². The highest BCUT2D eigenvalue weighted by Gasteiger charge is 2.43. The van der Waals surface area contributed by atoms with Crippen molar-refractivity contribution in [2.75, 3.05) is 0 Å². The van der Waals surface area contributed by atoms with Gasteiger partial charge in [0.15, 0.2) is 0 Å². The van der Waals surface area contributed by atoms with Crippen LogP contribution < -0.4 is 0 Å². The van der Waals surface area contributed by atoms with Crippen LogP contribution in [0.15, 0.2) is 12.2 Å². The summed E-state index contributed by atoms with van der Waals surface area (Å²) in [6.45, 7) is 3.62. The third-order valence-corrected chi connectivity index (χ3v) is 4.55. The molecule has 0 aromatic carbocycles. The van der Waals surface area contributed by atoms with E-state index in [0.717, 1.165) is 38.5 Å². The zero-order chi connectivity index (χ0) is 14.4. The van der Waals surface area contributed by atoms with Crippen LogP contribution in [-0.4, -0.2) is 23.8 Å². The molecule has 20 heavy (non-hydrogen) atoms. The van der Waals surface area contributed by atoms with Crippen molar-refractivity contribution in [1.82, 2.24) is 0 Å². The Morgan fingerprint density at radius 2 is 1.95 bits per heavy atom. The van der Waals surface area contributed by atoms with Gasteiger partial charge in [0.1, 0.15) is 11.7 Å². The first-order chi connectivity index (χ1) is 9.60. The van der Waals surface area contributed by atoms with Gasteiger partial charge in [-0.05, 0) is 58.3 Å². The van der Waals surface area contributed by atoms with Crippen molar-refractivity contribution in [3.8, 4) is 0 Å². The zero-order valence-electron chi connectivity index (χ0n) is 12.9. The summed E-state index contributed by atoms with van der Waals surface area (Å²) in [4.78, 5) is 11.4. The molecule has 2 aliphatic heterocycles. The van der Waals surface area contributed by atoms with Crippen molar-refractivity contribution in [3.05, 3.63) is 12.2 Å². The average molecular weight is 280 g/mol. The number of ether oxygens (including phenoxy) is 2. The van der Waals surface area contributed by atoms with Crippen LogP contribution in [-0.2, 0) is 14.3 Å². The molecule has 114 valence electrons. The van der Waals surface area contributed by atoms with E-state index in [1.54, 1.807) is 0 Å². The van der Waals surface area contributed by atoms with Crippen molar-refractivity contribution < 1.29 is 14.3 Å². The van der Waals surface area contributed by atoms with Gasteiger partial charge in [-0.2, -0.15) is 0 Å². The third kappa shape index (κ3) is 4.34. The molecule has 1 fully saturated rings. The number of hydrogen-bond acceptors (Lipinski definition) is 3. The van der Waals surface area contributed by atoms with Gasteiger partial charge in [-0.15, -0.1) is 0 Å². The van der Waals surface area contributed by atoms with Gasteiger partial charge in [0.25, 0.3) is 0 Å². The number of hydrogen-bond donors (Lipinski definition) is 0. The molecule has 0 unspecified atom stereocenters. The van der Waals surface area contributed by atoms with E-state index in [0.29, 0.717) is 6.10 Å². The highest BCUT2D eigenvalue weighted by Crippen LogP contribution is 2.38. The Hall–Kier alpha value is -0.830. The van der Waals surface area contributed by atoms with Crippen molar-refractivity contribution in [3.63, 3.8) is 0 Å². The van der Waals surface area contributed by atoms with Crippen LogP contribution in [0.5, 0.6) is 0 Å². The van der Waals surface area contributed by atoms with Crippen LogP contribution in [0.4, 0.5) is 0 Å². The highest BCUT2D eigenvalue weighted by atomic mass is 16.6. The smallest absolute Gasteiger partial charge is 0.303 e. The fourth-order valence-corrected chi connectivity index (χ4v) is 3.36. The second-order valence-corrected chi connectivity index (χ2v) is 6.38. The van der Waals surface area contributed by atoms with Crippen molar-refractivity contribution in [2.45, 2.75) is 89.4 Å². The van der Waals surface area contributed by atoms with Crippen LogP contribution in [0, 0.1) is 0 Å². The molecular formula is C17H28O3. The Morgan fingerprint density at radius 1 is 1.15 bits per heavy atom. The van der Waals surface area contributed by atoms with E-state index in [9.17, 15) is 4.79 Å². The monoisotopic (exact) mass is 280 g/mol. The zero-order valence-corrected chi connectivity index (χ0v) is 12.9. The molecular weight excluding hydrogens is 252 g/mol. The maximum atomic E-state index is 11.4. The summed E-state index contributed by atoms with van der Waals surface area (Å²) >= 11 is 0. The summed E-state index contributed by atoms with van der Waals surface area (Å²) in [6.07, 6.45) is 14.7. The van der Waals surface area contributed by atoms with Crippen LogP contribution in [0.3, 0.4) is 0 Å². The topological polar surface area (TPSA) is 35.5 Å². The molecule has 0 N–H and O–H groups in total. The lowest BCUT2D eigenvalue weighted by atomic mass is 9.90. The molecule has 2 aliphatic rings. The van der Waals surface area contributed by atoms with E-state index in [4.69, 9.17) is 9.47 Å². The van der Waals surface area contributed by atoms with Crippen LogP contribution in [0.1, 0.15) is 71.6 Å². The first-order valence-corrected chi connectivity index (χ1v) is 8.10. The molecule has 2 rings (SSSR count). The highest BCUT2D eigenvalue weighted by molar-refractivity contribution is 5.66. The molecule has 3 nitrogen and oxygen atoms in total. The maximum Gasteiger partial charge on any atom is 0.303 e. The Balaban J connectivity index is 2.04. The van der Waals surface area contributed by atoms with E-state index in [2.05, 4.69) is 19.1 Å². The van der Waals surface area contributed by atoms with Crippen LogP contribution in [0.25, 0.3) is 0 Å². The van der Waals surface area contributed by atoms with E-state index >= 15 is 0 Å². The predicted octanol–water partition coefficient (Wildman–Crippen LogP) is 4.16. The summed E-state index contributed by atoms with van der Waals surface area (Å²) < 4.78 is 11.8. The minimum Gasteiger partial charge on any atom is -0.459 e. The van der Waals surface area contributed by atoms with Gasteiger partial charge >= 0.3 is 5.97 Å². The molecule has 3 heteroatoms. The standard InChI is InChI=1S/C17H28O3/c1-14(18)19-16-11-9-7-5-3-4-6-8-10-15-12-13-17(16,2)20-15/h4,6,15-16H,3,5,7-13H2,1-2H3/b6-4+/t15-,16+,17-/m0/s1. The second-order valence-electron chi connectivity index (χ2n) is 6.38. The van der Waals surface area contributed by atoms with E-state index in [1.165, 1.54) is 26.2 Å². The third-order valence-electron chi connectivity index (χ3n) is 4.55. The molecule has 1 saturated heterocycles. The fraction of sp³-hybridized carbons (Fsp3) is 0.824. The molecule has 0 radical (unpaired) electrons. The number of carbonyl (C=O) groups excluding carboxylic acids is 1.